The third kappa shape index (κ3) is 1.67. The molecule has 0 aromatic heterocycles. The summed E-state index contributed by atoms with van der Waals surface area (Å²) in [4.78, 5) is 10.3. The second-order valence-electron chi connectivity index (χ2n) is 2.57. The van der Waals surface area contributed by atoms with Crippen LogP contribution >= 0.6 is 0 Å². The fraction of sp³-hybridized carbons (Fsp3) is 0.625. The van der Waals surface area contributed by atoms with Crippen molar-refractivity contribution in [3.63, 3.8) is 0 Å². The normalized spacial score (nSPS) is 32.1. The van der Waals surface area contributed by atoms with Gasteiger partial charge >= 0.3 is 0 Å². The van der Waals surface area contributed by atoms with Gasteiger partial charge in [0.25, 0.3) is 0 Å². The van der Waals surface area contributed by atoms with Gasteiger partial charge in [0.05, 0.1) is 6.10 Å². The summed E-state index contributed by atoms with van der Waals surface area (Å²) in [5.74, 6) is 0.176. The van der Waals surface area contributed by atoms with Crippen LogP contribution in [0, 0.1) is 5.92 Å². The summed E-state index contributed by atoms with van der Waals surface area (Å²) < 4.78 is 5.08. The van der Waals surface area contributed by atoms with Gasteiger partial charge in [-0.1, -0.05) is 12.2 Å². The van der Waals surface area contributed by atoms with Crippen molar-refractivity contribution in [3.05, 3.63) is 12.2 Å². The van der Waals surface area contributed by atoms with Gasteiger partial charge in [-0.2, -0.15) is 0 Å². The Morgan fingerprint density at radius 2 is 2.50 bits per heavy atom. The van der Waals surface area contributed by atoms with E-state index in [0.29, 0.717) is 0 Å². The lowest BCUT2D eigenvalue weighted by molar-refractivity contribution is -0.112. The maximum Gasteiger partial charge on any atom is 0.123 e. The predicted octanol–water partition coefficient (Wildman–Crippen LogP) is 1.17. The van der Waals surface area contributed by atoms with Gasteiger partial charge in [0.1, 0.15) is 6.29 Å². The summed E-state index contributed by atoms with van der Waals surface area (Å²) in [6.45, 7) is 0. The molecule has 1 aliphatic rings. The zero-order valence-electron chi connectivity index (χ0n) is 6.12. The zero-order valence-corrected chi connectivity index (χ0v) is 6.12. The van der Waals surface area contributed by atoms with Crippen molar-refractivity contribution < 1.29 is 9.53 Å². The summed E-state index contributed by atoms with van der Waals surface area (Å²) >= 11 is 0. The molecule has 2 atom stereocenters. The highest BCUT2D eigenvalue weighted by molar-refractivity contribution is 5.54. The first-order valence-electron chi connectivity index (χ1n) is 3.51. The van der Waals surface area contributed by atoms with E-state index in [1.807, 2.05) is 12.2 Å². The van der Waals surface area contributed by atoms with Crippen LogP contribution in [0.3, 0.4) is 0 Å². The Morgan fingerprint density at radius 1 is 1.70 bits per heavy atom. The Hall–Kier alpha value is -0.630. The summed E-state index contributed by atoms with van der Waals surface area (Å²) in [6.07, 6.45) is 6.91. The molecule has 0 N–H and O–H groups in total. The molecule has 2 nitrogen and oxygen atoms in total. The lowest BCUT2D eigenvalue weighted by Gasteiger charge is -2.18. The highest BCUT2D eigenvalue weighted by atomic mass is 16.5. The Labute approximate surface area is 60.9 Å². The summed E-state index contributed by atoms with van der Waals surface area (Å²) in [5.41, 5.74) is 0. The highest BCUT2D eigenvalue weighted by Gasteiger charge is 2.15. The van der Waals surface area contributed by atoms with E-state index < -0.39 is 0 Å². The largest absolute Gasteiger partial charge is 0.377 e. The number of methoxy groups -OCH3 is 1. The van der Waals surface area contributed by atoms with Crippen molar-refractivity contribution in [1.82, 2.24) is 0 Å². The number of hydrogen-bond donors (Lipinski definition) is 0. The SMILES string of the molecule is COC1C=CCC(C=O)C1. The van der Waals surface area contributed by atoms with Crippen molar-refractivity contribution in [1.29, 1.82) is 0 Å². The molecule has 0 aromatic rings. The Bertz CT molecular complexity index is 140. The molecule has 0 saturated heterocycles. The van der Waals surface area contributed by atoms with Crippen LogP contribution in [0.5, 0.6) is 0 Å². The van der Waals surface area contributed by atoms with E-state index in [0.717, 1.165) is 19.1 Å². The Morgan fingerprint density at radius 3 is 3.10 bits per heavy atom. The van der Waals surface area contributed by atoms with Gasteiger partial charge < -0.3 is 9.53 Å². The molecule has 0 heterocycles. The molecule has 56 valence electrons. The first-order chi connectivity index (χ1) is 4.86. The number of allylic oxidation sites excluding steroid dienone is 1. The molecule has 0 radical (unpaired) electrons. The van der Waals surface area contributed by atoms with E-state index in [2.05, 4.69) is 0 Å². The van der Waals surface area contributed by atoms with Crippen LogP contribution in [0.1, 0.15) is 12.8 Å². The van der Waals surface area contributed by atoms with Gasteiger partial charge in [-0.25, -0.2) is 0 Å². The Balaban J connectivity index is 2.45. The fourth-order valence-corrected chi connectivity index (χ4v) is 1.16. The summed E-state index contributed by atoms with van der Waals surface area (Å²) in [6, 6.07) is 0. The molecule has 1 rings (SSSR count). The first-order valence-corrected chi connectivity index (χ1v) is 3.51. The van der Waals surface area contributed by atoms with Crippen LogP contribution in [0.15, 0.2) is 12.2 Å². The maximum absolute atomic E-state index is 10.3. The molecule has 0 fully saturated rings. The van der Waals surface area contributed by atoms with Crippen LogP contribution in [-0.2, 0) is 9.53 Å². The third-order valence-corrected chi connectivity index (χ3v) is 1.82. The molecule has 2 heteroatoms. The number of aldehydes is 1. The molecule has 10 heavy (non-hydrogen) atoms. The van der Waals surface area contributed by atoms with Crippen LogP contribution < -0.4 is 0 Å². The van der Waals surface area contributed by atoms with E-state index in [1.165, 1.54) is 0 Å². The molecular formula is C8H12O2. The molecule has 1 aliphatic carbocycles. The number of carbonyl (C=O) groups excluding carboxylic acids is 1. The second-order valence-corrected chi connectivity index (χ2v) is 2.57. The van der Waals surface area contributed by atoms with Gasteiger partial charge in [0, 0.05) is 13.0 Å². The molecule has 0 aliphatic heterocycles. The van der Waals surface area contributed by atoms with Crippen LogP contribution in [0.25, 0.3) is 0 Å². The average Bonchev–Trinajstić information content (AvgIpc) is 2.05. The van der Waals surface area contributed by atoms with Crippen molar-refractivity contribution in [2.75, 3.05) is 7.11 Å². The van der Waals surface area contributed by atoms with Crippen molar-refractivity contribution in [2.45, 2.75) is 18.9 Å². The van der Waals surface area contributed by atoms with Crippen molar-refractivity contribution >= 4 is 6.29 Å². The molecule has 0 saturated carbocycles. The monoisotopic (exact) mass is 140 g/mol. The lowest BCUT2D eigenvalue weighted by atomic mass is 9.94. The van der Waals surface area contributed by atoms with Gasteiger partial charge in [-0.15, -0.1) is 0 Å². The third-order valence-electron chi connectivity index (χ3n) is 1.82. The van der Waals surface area contributed by atoms with Crippen LogP contribution in [-0.4, -0.2) is 19.5 Å². The Kier molecular flexibility index (Phi) is 2.63. The van der Waals surface area contributed by atoms with Gasteiger partial charge in [-0.05, 0) is 12.8 Å². The average molecular weight is 140 g/mol. The van der Waals surface area contributed by atoms with Gasteiger partial charge in [-0.3, -0.25) is 0 Å². The quantitative estimate of drug-likeness (QED) is 0.425. The van der Waals surface area contributed by atoms with E-state index in [1.54, 1.807) is 7.11 Å². The predicted molar refractivity (Wildman–Crippen MR) is 38.7 cm³/mol. The minimum atomic E-state index is 0.156. The number of hydrogen-bond acceptors (Lipinski definition) is 2. The van der Waals surface area contributed by atoms with Crippen molar-refractivity contribution in [2.24, 2.45) is 5.92 Å². The second kappa shape index (κ2) is 3.52. The maximum atomic E-state index is 10.3. The number of rotatable bonds is 2. The fourth-order valence-electron chi connectivity index (χ4n) is 1.16. The van der Waals surface area contributed by atoms with Crippen molar-refractivity contribution in [3.8, 4) is 0 Å². The van der Waals surface area contributed by atoms with Gasteiger partial charge in [0.15, 0.2) is 0 Å². The van der Waals surface area contributed by atoms with Crippen LogP contribution in [0.2, 0.25) is 0 Å². The van der Waals surface area contributed by atoms with Gasteiger partial charge in [0.2, 0.25) is 0 Å². The zero-order chi connectivity index (χ0) is 7.40. The number of ether oxygens (including phenoxy) is 1. The van der Waals surface area contributed by atoms with E-state index >= 15 is 0 Å². The molecular weight excluding hydrogens is 128 g/mol. The standard InChI is InChI=1S/C8H12O2/c1-10-8-4-2-3-7(5-8)6-9/h2,4,6-8H,3,5H2,1H3. The first kappa shape index (κ1) is 7.48. The van der Waals surface area contributed by atoms with E-state index in [-0.39, 0.29) is 12.0 Å². The number of carbonyl (C=O) groups is 1. The molecule has 0 bridgehead atoms. The topological polar surface area (TPSA) is 26.3 Å². The minimum absolute atomic E-state index is 0.156. The molecule has 0 amide bonds. The van der Waals surface area contributed by atoms with E-state index in [4.69, 9.17) is 4.74 Å². The smallest absolute Gasteiger partial charge is 0.123 e. The van der Waals surface area contributed by atoms with E-state index in [9.17, 15) is 4.79 Å². The minimum Gasteiger partial charge on any atom is -0.377 e. The lowest BCUT2D eigenvalue weighted by Crippen LogP contribution is -2.18. The molecule has 2 unspecified atom stereocenters. The highest BCUT2D eigenvalue weighted by Crippen LogP contribution is 2.17. The summed E-state index contributed by atoms with van der Waals surface area (Å²) in [7, 11) is 1.67. The molecule has 0 aromatic carbocycles. The summed E-state index contributed by atoms with van der Waals surface area (Å²) in [5, 5.41) is 0. The van der Waals surface area contributed by atoms with Crippen LogP contribution in [0.4, 0.5) is 0 Å². The molecule has 0 spiro atoms.